The van der Waals surface area contributed by atoms with E-state index in [-0.39, 0.29) is 6.42 Å². The summed E-state index contributed by atoms with van der Waals surface area (Å²) in [7, 11) is 1.33. The highest BCUT2D eigenvalue weighted by Crippen LogP contribution is 2.21. The third-order valence-corrected chi connectivity index (χ3v) is 4.10. The van der Waals surface area contributed by atoms with E-state index in [4.69, 9.17) is 4.74 Å². The Balaban J connectivity index is 1.82. The van der Waals surface area contributed by atoms with Crippen molar-refractivity contribution in [3.8, 4) is 5.95 Å². The molecular formula is C16H12N8O2. The molecule has 0 spiro atoms. The number of fused-ring (bicyclic) bond motifs is 4. The zero-order chi connectivity index (χ0) is 17.7. The Morgan fingerprint density at radius 1 is 1.23 bits per heavy atom. The Morgan fingerprint density at radius 2 is 2.12 bits per heavy atom. The largest absolute Gasteiger partial charge is 0.469 e. The first-order valence-electron chi connectivity index (χ1n) is 7.84. The molecule has 0 fully saturated rings. The van der Waals surface area contributed by atoms with Gasteiger partial charge in [-0.2, -0.15) is 19.4 Å². The monoisotopic (exact) mass is 348 g/mol. The van der Waals surface area contributed by atoms with Crippen LogP contribution in [0, 0.1) is 0 Å². The van der Waals surface area contributed by atoms with Crippen molar-refractivity contribution in [2.24, 2.45) is 0 Å². The molecule has 0 unspecified atom stereocenters. The lowest BCUT2D eigenvalue weighted by molar-refractivity contribution is -0.139. The minimum absolute atomic E-state index is 0.0261. The molecule has 26 heavy (non-hydrogen) atoms. The summed E-state index contributed by atoms with van der Waals surface area (Å²) >= 11 is 0. The summed E-state index contributed by atoms with van der Waals surface area (Å²) in [6.07, 6.45) is 1.60. The zero-order valence-electron chi connectivity index (χ0n) is 13.6. The fraction of sp³-hybridized carbons (Fsp3) is 0.125. The molecule has 1 N–H and O–H groups in total. The molecule has 0 aliphatic rings. The molecular weight excluding hydrogens is 336 g/mol. The highest BCUT2D eigenvalue weighted by Gasteiger charge is 2.21. The van der Waals surface area contributed by atoms with Crippen LogP contribution in [-0.4, -0.2) is 52.6 Å². The van der Waals surface area contributed by atoms with Crippen molar-refractivity contribution in [3.05, 3.63) is 42.2 Å². The average Bonchev–Trinajstić information content (AvgIpc) is 3.37. The van der Waals surface area contributed by atoms with Crippen LogP contribution < -0.4 is 0 Å². The maximum Gasteiger partial charge on any atom is 0.311 e. The Labute approximate surface area is 145 Å². The van der Waals surface area contributed by atoms with E-state index in [0.29, 0.717) is 28.5 Å². The predicted molar refractivity (Wildman–Crippen MR) is 90.8 cm³/mol. The molecule has 10 nitrogen and oxygen atoms in total. The van der Waals surface area contributed by atoms with Crippen LogP contribution >= 0.6 is 0 Å². The topological polar surface area (TPSA) is 116 Å². The van der Waals surface area contributed by atoms with Gasteiger partial charge in [0.25, 0.3) is 0 Å². The van der Waals surface area contributed by atoms with Gasteiger partial charge in [0.15, 0.2) is 16.8 Å². The van der Waals surface area contributed by atoms with Crippen LogP contribution in [0.2, 0.25) is 0 Å². The second kappa shape index (κ2) is 5.34. The molecule has 0 aliphatic carbocycles. The quantitative estimate of drug-likeness (QED) is 0.485. The zero-order valence-corrected chi connectivity index (χ0v) is 13.6. The number of nitrogens with one attached hydrogen (secondary N) is 1. The number of rotatable bonds is 3. The summed E-state index contributed by atoms with van der Waals surface area (Å²) in [5.41, 5.74) is 3.72. The third-order valence-electron chi connectivity index (χ3n) is 4.10. The molecule has 0 saturated carbocycles. The van der Waals surface area contributed by atoms with Gasteiger partial charge in [-0.05, 0) is 12.1 Å². The van der Waals surface area contributed by atoms with E-state index in [9.17, 15) is 4.79 Å². The maximum atomic E-state index is 11.8. The maximum absolute atomic E-state index is 11.8. The summed E-state index contributed by atoms with van der Waals surface area (Å²) in [6.45, 7) is 0. The molecule has 5 rings (SSSR count). The molecule has 4 heterocycles. The number of hydrogen-bond donors (Lipinski definition) is 1. The highest BCUT2D eigenvalue weighted by atomic mass is 16.5. The number of imidazole rings is 1. The second-order valence-electron chi connectivity index (χ2n) is 5.66. The summed E-state index contributed by atoms with van der Waals surface area (Å²) in [5, 5.41) is 17.2. The van der Waals surface area contributed by atoms with Crippen molar-refractivity contribution in [2.45, 2.75) is 6.42 Å². The number of nitrogens with zero attached hydrogens (tertiary/aromatic N) is 7. The standard InChI is InChI=1S/C16H12N8O2/c1-26-13(25)8-11-14-15(23-12(20-21-14)6-7-17-23)24(22-11)16-18-9-4-2-3-5-10(9)19-16/h2-7H,8H2,1H3,(H,18,19). The second-order valence-corrected chi connectivity index (χ2v) is 5.66. The van der Waals surface area contributed by atoms with Crippen molar-refractivity contribution < 1.29 is 9.53 Å². The minimum Gasteiger partial charge on any atom is -0.469 e. The summed E-state index contributed by atoms with van der Waals surface area (Å²) < 4.78 is 7.96. The first-order chi connectivity index (χ1) is 12.7. The van der Waals surface area contributed by atoms with E-state index in [1.807, 2.05) is 24.3 Å². The van der Waals surface area contributed by atoms with Gasteiger partial charge in [0.05, 0.1) is 30.8 Å². The van der Waals surface area contributed by atoms with Crippen molar-refractivity contribution in [3.63, 3.8) is 0 Å². The first kappa shape index (κ1) is 14.5. The SMILES string of the molecule is COC(=O)Cc1nn(-c2nc3ccccc3[nH]2)c2c1nnc1ccnn12. The number of carbonyl (C=O) groups is 1. The van der Waals surface area contributed by atoms with Gasteiger partial charge in [0, 0.05) is 6.07 Å². The number of aromatic nitrogens is 8. The number of esters is 1. The number of aromatic amines is 1. The Kier molecular flexibility index (Phi) is 2.98. The van der Waals surface area contributed by atoms with Crippen molar-refractivity contribution >= 4 is 33.8 Å². The molecule has 0 aliphatic heterocycles. The van der Waals surface area contributed by atoms with Gasteiger partial charge in [-0.3, -0.25) is 4.79 Å². The lowest BCUT2D eigenvalue weighted by Gasteiger charge is -1.99. The van der Waals surface area contributed by atoms with Crippen LogP contribution in [0.3, 0.4) is 0 Å². The van der Waals surface area contributed by atoms with Crippen molar-refractivity contribution in [2.75, 3.05) is 7.11 Å². The van der Waals surface area contributed by atoms with E-state index in [1.54, 1.807) is 21.5 Å². The van der Waals surface area contributed by atoms with Crippen LogP contribution in [0.1, 0.15) is 5.69 Å². The number of para-hydroxylation sites is 2. The van der Waals surface area contributed by atoms with Gasteiger partial charge < -0.3 is 9.72 Å². The van der Waals surface area contributed by atoms with Crippen LogP contribution in [-0.2, 0) is 16.0 Å². The van der Waals surface area contributed by atoms with E-state index in [2.05, 4.69) is 30.4 Å². The fourth-order valence-corrected chi connectivity index (χ4v) is 2.89. The van der Waals surface area contributed by atoms with Crippen LogP contribution in [0.15, 0.2) is 36.5 Å². The number of benzene rings is 1. The Morgan fingerprint density at radius 3 is 2.96 bits per heavy atom. The molecule has 4 aromatic heterocycles. The lowest BCUT2D eigenvalue weighted by atomic mass is 10.3. The molecule has 10 heteroatoms. The minimum atomic E-state index is -0.413. The van der Waals surface area contributed by atoms with Crippen LogP contribution in [0.4, 0.5) is 0 Å². The van der Waals surface area contributed by atoms with Crippen LogP contribution in [0.5, 0.6) is 0 Å². The van der Waals surface area contributed by atoms with Crippen molar-refractivity contribution in [1.29, 1.82) is 0 Å². The first-order valence-corrected chi connectivity index (χ1v) is 7.84. The third kappa shape index (κ3) is 2.05. The fourth-order valence-electron chi connectivity index (χ4n) is 2.89. The molecule has 0 radical (unpaired) electrons. The number of hydrogen-bond acceptors (Lipinski definition) is 7. The predicted octanol–water partition coefficient (Wildman–Crippen LogP) is 1.05. The molecule has 0 amide bonds. The Bertz CT molecular complexity index is 1250. The summed E-state index contributed by atoms with van der Waals surface area (Å²) in [4.78, 5) is 19.6. The number of methoxy groups -OCH3 is 1. The average molecular weight is 348 g/mol. The van der Waals surface area contributed by atoms with Gasteiger partial charge in [0.2, 0.25) is 5.95 Å². The van der Waals surface area contributed by atoms with Gasteiger partial charge in [-0.25, -0.2) is 4.98 Å². The molecule has 0 saturated heterocycles. The van der Waals surface area contributed by atoms with E-state index in [1.165, 1.54) is 7.11 Å². The highest BCUT2D eigenvalue weighted by molar-refractivity contribution is 5.83. The Hall–Kier alpha value is -3.82. The number of ether oxygens (including phenoxy) is 1. The number of H-pyrrole nitrogens is 1. The molecule has 0 atom stereocenters. The summed E-state index contributed by atoms with van der Waals surface area (Å²) in [5.74, 6) is 0.0839. The van der Waals surface area contributed by atoms with Crippen LogP contribution in [0.25, 0.3) is 33.8 Å². The molecule has 128 valence electrons. The lowest BCUT2D eigenvalue weighted by Crippen LogP contribution is -2.06. The molecule has 0 bridgehead atoms. The van der Waals surface area contributed by atoms with Gasteiger partial charge in [-0.15, -0.1) is 10.2 Å². The van der Waals surface area contributed by atoms with Gasteiger partial charge >= 0.3 is 5.97 Å². The smallest absolute Gasteiger partial charge is 0.311 e. The molecule has 5 aromatic rings. The van der Waals surface area contributed by atoms with E-state index in [0.717, 1.165) is 11.0 Å². The van der Waals surface area contributed by atoms with E-state index >= 15 is 0 Å². The summed E-state index contributed by atoms with van der Waals surface area (Å²) in [6, 6.07) is 9.40. The van der Waals surface area contributed by atoms with Gasteiger partial charge in [-0.1, -0.05) is 12.1 Å². The van der Waals surface area contributed by atoms with Gasteiger partial charge in [0.1, 0.15) is 5.69 Å². The molecule has 1 aromatic carbocycles. The van der Waals surface area contributed by atoms with Crippen molar-refractivity contribution in [1.82, 2.24) is 39.6 Å². The van der Waals surface area contributed by atoms with E-state index < -0.39 is 5.97 Å². The normalized spacial score (nSPS) is 11.6. The number of carbonyl (C=O) groups excluding carboxylic acids is 1.